The molecule has 0 spiro atoms. The second-order valence-electron chi connectivity index (χ2n) is 38.6. The summed E-state index contributed by atoms with van der Waals surface area (Å²) in [6.07, 6.45) is 13.3. The van der Waals surface area contributed by atoms with Crippen LogP contribution in [0, 0.1) is 52.3 Å². The number of hydrogen-bond acceptors (Lipinski definition) is 36. The molecular weight excluding hydrogens is 1950 g/mol. The molecule has 9 aliphatic rings. The summed E-state index contributed by atoms with van der Waals surface area (Å²) in [5.41, 5.74) is 9.36. The average molecular weight is 2070 g/mol. The number of rotatable bonds is 32. The number of hydrogen-bond donors (Lipinski definition) is 9. The second kappa shape index (κ2) is 47.6. The number of alkyl halides is 6. The van der Waals surface area contributed by atoms with Gasteiger partial charge in [-0.25, -0.2) is 15.0 Å². The average Bonchev–Trinajstić information content (AvgIpc) is 1.66. The van der Waals surface area contributed by atoms with E-state index in [9.17, 15) is 55.7 Å². The molecule has 11 atom stereocenters. The molecule has 790 valence electrons. The van der Waals surface area contributed by atoms with Gasteiger partial charge in [0.2, 0.25) is 23.5 Å². The predicted molar refractivity (Wildman–Crippen MR) is 528 cm³/mol. The van der Waals surface area contributed by atoms with Gasteiger partial charge in [0.25, 0.3) is 23.6 Å². The first-order valence-electron chi connectivity index (χ1n) is 50.1. The third kappa shape index (κ3) is 26.5. The van der Waals surface area contributed by atoms with Crippen LogP contribution in [0.5, 0.6) is 35.5 Å². The van der Waals surface area contributed by atoms with E-state index in [2.05, 4.69) is 135 Å². The van der Waals surface area contributed by atoms with Gasteiger partial charge >= 0.3 is 36.4 Å². The number of aromatic amines is 3. The van der Waals surface area contributed by atoms with Gasteiger partial charge < -0.3 is 98.9 Å². The molecule has 11 aromatic heterocycles. The number of aliphatic imine (C=N–C) groups is 1. The van der Waals surface area contributed by atoms with Crippen LogP contribution in [0.2, 0.25) is 0 Å². The van der Waals surface area contributed by atoms with Crippen LogP contribution in [-0.2, 0) is 16.0 Å². The van der Waals surface area contributed by atoms with Gasteiger partial charge in [-0.05, 0) is 183 Å². The fourth-order valence-electron chi connectivity index (χ4n) is 19.5. The number of piperidine rings is 4. The molecular formula is C100H119F6N29O14. The number of anilines is 4. The molecule has 0 bridgehead atoms. The summed E-state index contributed by atoms with van der Waals surface area (Å²) in [5, 5.41) is 57.3. The first-order chi connectivity index (χ1) is 71.9. The number of carbonyl (C=O) groups excluding carboxylic acids is 4. The van der Waals surface area contributed by atoms with E-state index < -0.39 is 54.5 Å². The molecule has 149 heavy (non-hydrogen) atoms. The van der Waals surface area contributed by atoms with Crippen molar-refractivity contribution in [2.75, 3.05) is 133 Å². The second-order valence-corrected chi connectivity index (χ2v) is 38.6. The SMILES string of the molecule is CC1CCC(COc2nc(C(=O)N[C@H](C)CO)cc(N3CCC(c4[nH]nc5ncccc45)CC3)n2)O1.COC[C@@H](C)Oc1nc(C(=O)N[C@H]2CCC[C@H]2O)cc(N2CCC(C3=NCc4ncccc43)CC2)n1.COc1ccnc2[nH]cc(C3CCN(c4nc(OC[C@H]5C[C@H]5C#N)nc(C(=O)NCC(F)(F)F)n4)CC3)c12.COc1ccnc2[nH]cc(C3CCN(c4nc(OC[C@H]5C[C@H]5C#N)nc(C(=O)N[C@@H](C)C(F)(F)F)n4)CC3)c12. The third-order valence-electron chi connectivity index (χ3n) is 28.0. The van der Waals surface area contributed by atoms with Gasteiger partial charge in [0.1, 0.15) is 71.1 Å². The number of nitrogens with one attached hydrogen (secondary N) is 7. The molecule has 0 radical (unpaired) electrons. The van der Waals surface area contributed by atoms with Gasteiger partial charge in [-0.2, -0.15) is 91.8 Å². The zero-order valence-corrected chi connectivity index (χ0v) is 83.4. The molecule has 0 aromatic carbocycles. The van der Waals surface area contributed by atoms with Crippen LogP contribution in [0.25, 0.3) is 33.1 Å². The minimum atomic E-state index is -4.62. The standard InChI is InChI=1S/C26H34N6O4.C25H27F3N8O3.C25H33N7O4.C24H25F3N8O3/c1-16(15-35-2)36-26-30-20(25(34)29-19-6-3-7-22(19)33)13-23(31-26)32-11-8-17(9-12-32)24-18-5-4-10-27-21(18)14-28-24;1-13(25(26,27)28)32-22(37)21-33-23(35-24(34-21)39-12-16-9-15(16)10-29)36-7-4-14(5-8-36)17-11-31-20-19(17)18(38-2)3-6-30-20;1-15(13-33)27-24(34)20-12-21(29-25(28-20)35-14-18-6-5-16(2)36-18)32-10-7-17(8-11-32)22-19-4-3-9-26-23(19)31-30-22;1-37-17-2-5-29-19-18(17)16(10-30-19)13-3-6-35(7-4-13)22-32-20(21(36)31-12-24(25,26)27)33-23(34-22)38-11-15-8-14(15)9-28/h4-5,10,13,16-17,19,22,33H,3,6-9,11-12,14-15H2,1-2H3,(H,29,34);3,6,11,13-16H,4-5,7-9,12H2,1-2H3,(H,30,31)(H,32,37);3-4,9,12,15-18,33H,5-8,10-11,13-14H2,1-2H3,(H,27,34)(H,26,30,31);2,5,10,13-15H,3-4,6-8,11-12H2,1H3,(H,29,30)(H,31,36)/t16-,19+,22-;13-,15-,16+;15-,16?,18?;14-,15+/m1010/s1. The summed E-state index contributed by atoms with van der Waals surface area (Å²) >= 11 is 0. The molecule has 2 unspecified atom stereocenters. The van der Waals surface area contributed by atoms with E-state index in [1.807, 2.05) is 71.8 Å². The molecule has 3 saturated carbocycles. The number of pyridine rings is 4. The van der Waals surface area contributed by atoms with Gasteiger partial charge in [0.15, 0.2) is 5.65 Å². The van der Waals surface area contributed by atoms with E-state index in [1.54, 1.807) is 64.3 Å². The Bertz CT molecular complexity index is 6640. The molecule has 4 amide bonds. The highest BCUT2D eigenvalue weighted by Gasteiger charge is 2.43. The van der Waals surface area contributed by atoms with Gasteiger partial charge in [-0.3, -0.25) is 34.3 Å². The number of ether oxygens (including phenoxy) is 8. The topological polar surface area (TPSA) is 544 Å². The molecule has 43 nitrogen and oxygen atoms in total. The van der Waals surface area contributed by atoms with Gasteiger partial charge in [0, 0.05) is 161 Å². The quantitative estimate of drug-likeness (QED) is 0.0177. The molecule has 17 heterocycles. The van der Waals surface area contributed by atoms with E-state index in [0.717, 1.165) is 183 Å². The summed E-state index contributed by atoms with van der Waals surface area (Å²) in [5.74, 6) is 0.223. The lowest BCUT2D eigenvalue weighted by atomic mass is 9.88. The lowest BCUT2D eigenvalue weighted by Crippen LogP contribution is -2.44. The first kappa shape index (κ1) is 106. The molecule has 6 aliphatic heterocycles. The van der Waals surface area contributed by atoms with Crippen LogP contribution >= 0.6 is 0 Å². The normalized spacial score (nSPS) is 21.1. The Labute approximate surface area is 852 Å². The monoisotopic (exact) mass is 2060 g/mol. The highest BCUT2D eigenvalue weighted by atomic mass is 19.4. The number of H-pyrrole nitrogens is 3. The number of carbonyl (C=O) groups is 4. The fraction of sp³-hybridized carbons (Fsp3) is 0.540. The number of methoxy groups -OCH3 is 3. The van der Waals surface area contributed by atoms with E-state index >= 15 is 0 Å². The lowest BCUT2D eigenvalue weighted by Gasteiger charge is -2.33. The maximum Gasteiger partial charge on any atom is 0.408 e. The van der Waals surface area contributed by atoms with Crippen molar-refractivity contribution in [2.45, 2.75) is 203 Å². The summed E-state index contributed by atoms with van der Waals surface area (Å²) in [6, 6.07) is 16.7. The summed E-state index contributed by atoms with van der Waals surface area (Å²) in [6.45, 7) is 11.8. The van der Waals surface area contributed by atoms with Crippen LogP contribution in [0.1, 0.15) is 212 Å². The van der Waals surface area contributed by atoms with E-state index in [-0.39, 0.29) is 145 Å². The summed E-state index contributed by atoms with van der Waals surface area (Å²) in [4.78, 5) is 131. The number of aromatic nitrogens is 18. The molecule has 9 N–H and O–H groups in total. The Kier molecular flexibility index (Phi) is 33.8. The minimum absolute atomic E-state index is 0.00610. The summed E-state index contributed by atoms with van der Waals surface area (Å²) in [7, 11) is 4.83. The largest absolute Gasteiger partial charge is 0.496 e. The highest BCUT2D eigenvalue weighted by Crippen LogP contribution is 2.44. The van der Waals surface area contributed by atoms with Crippen molar-refractivity contribution in [1.82, 2.24) is 111 Å². The van der Waals surface area contributed by atoms with Gasteiger partial charge in [-0.15, -0.1) is 0 Å². The Balaban J connectivity index is 0.000000135. The van der Waals surface area contributed by atoms with E-state index in [0.29, 0.717) is 88.7 Å². The van der Waals surface area contributed by atoms with Crippen LogP contribution < -0.4 is 69.3 Å². The Morgan fingerprint density at radius 3 is 1.65 bits per heavy atom. The Morgan fingerprint density at radius 2 is 1.11 bits per heavy atom. The van der Waals surface area contributed by atoms with Gasteiger partial charge in [0.05, 0.1) is 112 Å². The van der Waals surface area contributed by atoms with Gasteiger partial charge in [-0.1, -0.05) is 0 Å². The fourth-order valence-corrected chi connectivity index (χ4v) is 19.5. The van der Waals surface area contributed by atoms with Crippen LogP contribution in [0.4, 0.5) is 49.9 Å². The number of nitriles is 2. The smallest absolute Gasteiger partial charge is 0.408 e. The molecule has 11 aromatic rings. The van der Waals surface area contributed by atoms with Crippen molar-refractivity contribution in [1.29, 1.82) is 10.5 Å². The highest BCUT2D eigenvalue weighted by molar-refractivity contribution is 6.05. The third-order valence-corrected chi connectivity index (χ3v) is 28.0. The maximum atomic E-state index is 13.1. The van der Waals surface area contributed by atoms with Crippen LogP contribution in [0.15, 0.2) is 90.7 Å². The number of aliphatic hydroxyl groups is 2. The van der Waals surface area contributed by atoms with Crippen molar-refractivity contribution in [2.24, 2.45) is 34.6 Å². The number of amides is 4. The van der Waals surface area contributed by atoms with Crippen LogP contribution in [0.3, 0.4) is 0 Å². The molecule has 20 rings (SSSR count). The number of halogens is 6. The molecule has 3 aliphatic carbocycles. The zero-order valence-electron chi connectivity index (χ0n) is 83.4. The first-order valence-corrected chi connectivity index (χ1v) is 50.1. The number of aliphatic hydroxyl groups excluding tert-OH is 2. The zero-order chi connectivity index (χ0) is 105. The number of nitrogens with zero attached hydrogens (tertiary/aromatic N) is 22. The Hall–Kier alpha value is -14.7. The van der Waals surface area contributed by atoms with Crippen molar-refractivity contribution in [3.63, 3.8) is 0 Å². The lowest BCUT2D eigenvalue weighted by molar-refractivity contribution is -0.149. The summed E-state index contributed by atoms with van der Waals surface area (Å²) < 4.78 is 122. The van der Waals surface area contributed by atoms with Crippen LogP contribution in [-0.4, -0.2) is 298 Å². The van der Waals surface area contributed by atoms with Crippen molar-refractivity contribution < 1.29 is 93.6 Å². The molecule has 49 heteroatoms. The van der Waals surface area contributed by atoms with Crippen molar-refractivity contribution in [3.05, 3.63) is 137 Å². The minimum Gasteiger partial charge on any atom is -0.496 e. The maximum absolute atomic E-state index is 13.1. The molecule has 8 fully saturated rings. The Morgan fingerprint density at radius 1 is 0.577 bits per heavy atom. The van der Waals surface area contributed by atoms with E-state index in [1.165, 1.54) is 5.56 Å². The predicted octanol–water partition coefficient (Wildman–Crippen LogP) is 10.7. The number of fused-ring (bicyclic) bond motifs is 4. The van der Waals surface area contributed by atoms with Crippen molar-refractivity contribution >= 4 is 86.0 Å². The van der Waals surface area contributed by atoms with Crippen molar-refractivity contribution in [3.8, 4) is 47.7 Å². The van der Waals surface area contributed by atoms with E-state index in [4.69, 9.17) is 53.4 Å². The molecule has 5 saturated heterocycles.